The van der Waals surface area contributed by atoms with Crippen LogP contribution in [0, 0.1) is 0 Å². The molecule has 0 fully saturated rings. The van der Waals surface area contributed by atoms with Crippen LogP contribution < -0.4 is 0 Å². The third-order valence-electron chi connectivity index (χ3n) is 13.9. The summed E-state index contributed by atoms with van der Waals surface area (Å²) < 4.78 is 7.12. The van der Waals surface area contributed by atoms with Crippen molar-refractivity contribution in [3.05, 3.63) is 249 Å². The molecule has 0 aliphatic rings. The molecule has 14 rings (SSSR count). The topological polar surface area (TPSA) is 40.6 Å². The highest BCUT2D eigenvalue weighted by molar-refractivity contribution is 6.13. The standard InChI is InChI=1S/C64H41N5/c1-4-16-42(17-5-1)56-40-50(41-57(66-56)43-18-6-2-7-19-43)69-59-27-13-11-25-52(59)54-38-47(30-33-61(54)69)45-21-14-20-44(36-45)46-29-32-60-53(37-46)51-24-10-12-26-58(51)68(60)49-31-34-62-55(39-49)64-63(28-15-35-65-64)67(62)48-22-8-3-9-23-48/h1-41H. The van der Waals surface area contributed by atoms with Crippen LogP contribution in [0.5, 0.6) is 0 Å². The van der Waals surface area contributed by atoms with Crippen molar-refractivity contribution in [2.45, 2.75) is 0 Å². The Balaban J connectivity index is 0.871. The minimum atomic E-state index is 0.941. The molecule has 0 amide bonds. The van der Waals surface area contributed by atoms with Crippen LogP contribution in [0.15, 0.2) is 249 Å². The predicted molar refractivity (Wildman–Crippen MR) is 287 cm³/mol. The van der Waals surface area contributed by atoms with Crippen molar-refractivity contribution >= 4 is 65.5 Å². The number of aromatic nitrogens is 5. The van der Waals surface area contributed by atoms with Gasteiger partial charge in [-0.15, -0.1) is 0 Å². The van der Waals surface area contributed by atoms with Gasteiger partial charge in [0.1, 0.15) is 0 Å². The van der Waals surface area contributed by atoms with Crippen LogP contribution in [-0.4, -0.2) is 23.7 Å². The molecule has 0 spiro atoms. The van der Waals surface area contributed by atoms with Crippen molar-refractivity contribution in [2.24, 2.45) is 0 Å². The van der Waals surface area contributed by atoms with Crippen LogP contribution in [0.3, 0.4) is 0 Å². The van der Waals surface area contributed by atoms with Crippen molar-refractivity contribution in [2.75, 3.05) is 0 Å². The third kappa shape index (κ3) is 6.32. The smallest absolute Gasteiger partial charge is 0.0964 e. The SMILES string of the molecule is c1ccc(-c2cc(-n3c4ccccc4c4cc(-c5cccc(-c6ccc7c(c6)c6ccccc6n7-c6ccc7c(c6)c6ncccc6n7-c6ccccc6)c5)ccc43)cc(-c3ccccc3)n2)cc1. The van der Waals surface area contributed by atoms with E-state index in [4.69, 9.17) is 9.97 Å². The number of para-hydroxylation sites is 3. The lowest BCUT2D eigenvalue weighted by Gasteiger charge is -2.13. The number of pyridine rings is 2. The van der Waals surface area contributed by atoms with Gasteiger partial charge in [0.05, 0.1) is 55.7 Å². The number of rotatable bonds is 7. The summed E-state index contributed by atoms with van der Waals surface area (Å²) in [4.78, 5) is 10.1. The second-order valence-electron chi connectivity index (χ2n) is 17.8. The zero-order valence-electron chi connectivity index (χ0n) is 37.4. The van der Waals surface area contributed by atoms with Gasteiger partial charge in [-0.1, -0.05) is 146 Å². The second kappa shape index (κ2) is 15.7. The van der Waals surface area contributed by atoms with Gasteiger partial charge in [0.2, 0.25) is 0 Å². The molecule has 0 aliphatic heterocycles. The summed E-state index contributed by atoms with van der Waals surface area (Å²) in [6.45, 7) is 0. The molecule has 0 bridgehead atoms. The molecule has 0 N–H and O–H groups in total. The second-order valence-corrected chi connectivity index (χ2v) is 17.8. The molecule has 0 radical (unpaired) electrons. The molecule has 0 saturated carbocycles. The molecule has 69 heavy (non-hydrogen) atoms. The van der Waals surface area contributed by atoms with Gasteiger partial charge in [0, 0.05) is 55.6 Å². The van der Waals surface area contributed by atoms with E-state index in [0.29, 0.717) is 0 Å². The van der Waals surface area contributed by atoms with Crippen molar-refractivity contribution in [1.82, 2.24) is 23.7 Å². The molecule has 0 unspecified atom stereocenters. The number of hydrogen-bond donors (Lipinski definition) is 0. The highest BCUT2D eigenvalue weighted by Gasteiger charge is 2.19. The van der Waals surface area contributed by atoms with Gasteiger partial charge in [-0.25, -0.2) is 4.98 Å². The molecule has 0 atom stereocenters. The fourth-order valence-electron chi connectivity index (χ4n) is 10.7. The van der Waals surface area contributed by atoms with Gasteiger partial charge in [-0.2, -0.15) is 0 Å². The van der Waals surface area contributed by atoms with Gasteiger partial charge >= 0.3 is 0 Å². The molecular formula is C64H41N5. The van der Waals surface area contributed by atoms with Crippen LogP contribution in [0.25, 0.3) is 127 Å². The Morgan fingerprint density at radius 1 is 0.246 bits per heavy atom. The lowest BCUT2D eigenvalue weighted by atomic mass is 9.97. The van der Waals surface area contributed by atoms with Crippen LogP contribution in [0.4, 0.5) is 0 Å². The molecule has 322 valence electrons. The quantitative estimate of drug-likeness (QED) is 0.160. The molecule has 0 saturated heterocycles. The first-order valence-corrected chi connectivity index (χ1v) is 23.5. The summed E-state index contributed by atoms with van der Waals surface area (Å²) in [5.41, 5.74) is 19.9. The number of nitrogens with zero attached hydrogens (tertiary/aromatic N) is 5. The summed E-state index contributed by atoms with van der Waals surface area (Å²) in [7, 11) is 0. The monoisotopic (exact) mass is 879 g/mol. The average Bonchev–Trinajstić information content (AvgIpc) is 4.06. The van der Waals surface area contributed by atoms with E-state index in [9.17, 15) is 0 Å². The molecule has 0 aliphatic carbocycles. The predicted octanol–water partition coefficient (Wildman–Crippen LogP) is 16.4. The van der Waals surface area contributed by atoms with E-state index >= 15 is 0 Å². The third-order valence-corrected chi connectivity index (χ3v) is 13.9. The fourth-order valence-corrected chi connectivity index (χ4v) is 10.7. The largest absolute Gasteiger partial charge is 0.309 e. The van der Waals surface area contributed by atoms with E-state index < -0.39 is 0 Å². The first-order chi connectivity index (χ1) is 34.2. The molecule has 5 nitrogen and oxygen atoms in total. The Morgan fingerprint density at radius 3 is 1.30 bits per heavy atom. The highest BCUT2D eigenvalue weighted by Crippen LogP contribution is 2.40. The zero-order chi connectivity index (χ0) is 45.4. The number of benzene rings is 9. The van der Waals surface area contributed by atoms with E-state index in [0.717, 1.165) is 78.1 Å². The average molecular weight is 880 g/mol. The maximum Gasteiger partial charge on any atom is 0.0964 e. The van der Waals surface area contributed by atoms with E-state index in [1.165, 1.54) is 49.3 Å². The minimum absolute atomic E-state index is 0.941. The zero-order valence-corrected chi connectivity index (χ0v) is 37.4. The Bertz CT molecular complexity index is 4240. The summed E-state index contributed by atoms with van der Waals surface area (Å²) >= 11 is 0. The Kier molecular flexibility index (Phi) is 8.83. The Hall–Kier alpha value is -9.32. The van der Waals surface area contributed by atoms with Gasteiger partial charge in [-0.05, 0) is 119 Å². The summed E-state index contributed by atoms with van der Waals surface area (Å²) in [5.74, 6) is 0. The van der Waals surface area contributed by atoms with E-state index in [-0.39, 0.29) is 0 Å². The van der Waals surface area contributed by atoms with Crippen molar-refractivity contribution in [3.63, 3.8) is 0 Å². The molecule has 9 aromatic carbocycles. The normalized spacial score (nSPS) is 11.8. The molecule has 5 aromatic heterocycles. The van der Waals surface area contributed by atoms with Gasteiger partial charge < -0.3 is 13.7 Å². The lowest BCUT2D eigenvalue weighted by Crippen LogP contribution is -1.98. The number of hydrogen-bond acceptors (Lipinski definition) is 2. The van der Waals surface area contributed by atoms with Crippen LogP contribution >= 0.6 is 0 Å². The van der Waals surface area contributed by atoms with Gasteiger partial charge in [-0.3, -0.25) is 4.98 Å². The molecule has 14 aromatic rings. The van der Waals surface area contributed by atoms with Crippen molar-refractivity contribution in [1.29, 1.82) is 0 Å². The Labute approximate surface area is 398 Å². The fraction of sp³-hybridized carbons (Fsp3) is 0. The Morgan fingerprint density at radius 2 is 0.696 bits per heavy atom. The lowest BCUT2D eigenvalue weighted by molar-refractivity contribution is 1.16. The number of fused-ring (bicyclic) bond motifs is 9. The summed E-state index contributed by atoms with van der Waals surface area (Å²) in [5, 5.41) is 5.98. The van der Waals surface area contributed by atoms with Gasteiger partial charge in [0.25, 0.3) is 0 Å². The maximum atomic E-state index is 5.19. The van der Waals surface area contributed by atoms with E-state index in [1.807, 2.05) is 12.3 Å². The summed E-state index contributed by atoms with van der Waals surface area (Å²) in [6, 6.07) is 87.3. The van der Waals surface area contributed by atoms with E-state index in [1.54, 1.807) is 0 Å². The molecular weight excluding hydrogens is 839 g/mol. The van der Waals surface area contributed by atoms with Crippen LogP contribution in [-0.2, 0) is 0 Å². The van der Waals surface area contributed by atoms with Crippen molar-refractivity contribution in [3.8, 4) is 61.8 Å². The maximum absolute atomic E-state index is 5.19. The van der Waals surface area contributed by atoms with Crippen LogP contribution in [0.1, 0.15) is 0 Å². The van der Waals surface area contributed by atoms with Crippen LogP contribution in [0.2, 0.25) is 0 Å². The summed E-state index contributed by atoms with van der Waals surface area (Å²) in [6.07, 6.45) is 1.89. The first kappa shape index (κ1) is 38.9. The highest BCUT2D eigenvalue weighted by atomic mass is 15.0. The minimum Gasteiger partial charge on any atom is -0.309 e. The van der Waals surface area contributed by atoms with Crippen molar-refractivity contribution < 1.29 is 0 Å². The molecule has 5 heterocycles. The van der Waals surface area contributed by atoms with E-state index in [2.05, 4.69) is 250 Å². The molecule has 5 heteroatoms. The van der Waals surface area contributed by atoms with Gasteiger partial charge in [0.15, 0.2) is 0 Å². The first-order valence-electron chi connectivity index (χ1n) is 23.5.